The zero-order chi connectivity index (χ0) is 10.0. The molecule has 0 saturated heterocycles. The average Bonchev–Trinajstić information content (AvgIpc) is 1.96. The van der Waals surface area contributed by atoms with Gasteiger partial charge in [-0.1, -0.05) is 23.2 Å². The van der Waals surface area contributed by atoms with Crippen LogP contribution in [0.2, 0.25) is 0 Å². The van der Waals surface area contributed by atoms with Gasteiger partial charge in [0.05, 0.1) is 15.8 Å². The number of carbonyl (C=O) groups is 1. The van der Waals surface area contributed by atoms with E-state index in [4.69, 9.17) is 23.2 Å². The third-order valence-electron chi connectivity index (χ3n) is 1.36. The zero-order valence-corrected chi connectivity index (χ0v) is 8.32. The molecule has 6 heteroatoms. The summed E-state index contributed by atoms with van der Waals surface area (Å²) < 4.78 is 0. The molecule has 0 fully saturated rings. The molecule has 0 aromatic heterocycles. The van der Waals surface area contributed by atoms with Crippen molar-refractivity contribution in [2.75, 3.05) is 6.54 Å². The van der Waals surface area contributed by atoms with Crippen LogP contribution in [0.1, 0.15) is 6.92 Å². The van der Waals surface area contributed by atoms with Crippen molar-refractivity contribution in [3.63, 3.8) is 0 Å². The van der Waals surface area contributed by atoms with Gasteiger partial charge in [-0.3, -0.25) is 4.79 Å². The fraction of sp³-hybridized carbons (Fsp3) is 0.286. The summed E-state index contributed by atoms with van der Waals surface area (Å²) in [4.78, 5) is 10.7. The minimum absolute atomic E-state index is 0.00733. The second-order valence-electron chi connectivity index (χ2n) is 2.51. The molecule has 0 saturated carbocycles. The maximum atomic E-state index is 10.8. The van der Waals surface area contributed by atoms with Crippen LogP contribution >= 0.6 is 23.2 Å². The van der Waals surface area contributed by atoms with E-state index >= 15 is 0 Å². The number of carbonyl (C=O) groups excluding carboxylic acids is 1. The maximum absolute atomic E-state index is 10.8. The van der Waals surface area contributed by atoms with Crippen LogP contribution in [-0.2, 0) is 4.79 Å². The fourth-order valence-electron chi connectivity index (χ4n) is 0.886. The van der Waals surface area contributed by atoms with Gasteiger partial charge in [-0.25, -0.2) is 0 Å². The summed E-state index contributed by atoms with van der Waals surface area (Å²) >= 11 is 11.4. The number of nitrogens with zero attached hydrogens (tertiary/aromatic N) is 1. The molecule has 13 heavy (non-hydrogen) atoms. The molecule has 1 aliphatic heterocycles. The van der Waals surface area contributed by atoms with Crippen LogP contribution < -0.4 is 5.32 Å². The molecule has 0 radical (unpaired) electrons. The molecule has 0 bridgehead atoms. The predicted octanol–water partition coefficient (Wildman–Crippen LogP) is 1.47. The Morgan fingerprint density at radius 3 is 2.77 bits per heavy atom. The first-order valence-electron chi connectivity index (χ1n) is 3.48. The van der Waals surface area contributed by atoms with Crippen molar-refractivity contribution >= 4 is 29.1 Å². The first-order chi connectivity index (χ1) is 6.00. The van der Waals surface area contributed by atoms with Crippen molar-refractivity contribution in [3.8, 4) is 0 Å². The largest absolute Gasteiger partial charge is 0.758 e. The third kappa shape index (κ3) is 2.62. The highest BCUT2D eigenvalue weighted by atomic mass is 35.5. The molecule has 0 unspecified atom stereocenters. The Bertz CT molecular complexity index is 299. The van der Waals surface area contributed by atoms with Crippen LogP contribution in [0.4, 0.5) is 0 Å². The molecule has 0 aliphatic carbocycles. The van der Waals surface area contributed by atoms with Crippen molar-refractivity contribution < 1.29 is 4.79 Å². The van der Waals surface area contributed by atoms with Gasteiger partial charge in [0.2, 0.25) is 5.91 Å². The monoisotopic (exact) mass is 221 g/mol. The Kier molecular flexibility index (Phi) is 3.19. The predicted molar refractivity (Wildman–Crippen MR) is 50.7 cm³/mol. The van der Waals surface area contributed by atoms with Gasteiger partial charge in [-0.05, 0) is 0 Å². The lowest BCUT2D eigenvalue weighted by molar-refractivity contribution is -0.118. The fourth-order valence-corrected chi connectivity index (χ4v) is 1.47. The smallest absolute Gasteiger partial charge is 0.221 e. The van der Waals surface area contributed by atoms with Crippen molar-refractivity contribution in [3.05, 3.63) is 27.2 Å². The van der Waals surface area contributed by atoms with E-state index in [0.717, 1.165) is 0 Å². The highest BCUT2D eigenvalue weighted by molar-refractivity contribution is 6.36. The van der Waals surface area contributed by atoms with E-state index in [9.17, 15) is 10.0 Å². The summed E-state index contributed by atoms with van der Waals surface area (Å²) in [6.07, 6.45) is 1.17. The Morgan fingerprint density at radius 2 is 2.31 bits per heavy atom. The van der Waals surface area contributed by atoms with E-state index in [1.165, 1.54) is 13.1 Å². The number of hydroxylamine groups is 2. The highest BCUT2D eigenvalue weighted by Gasteiger charge is 2.14. The SMILES string of the molecule is CC(=O)NC1=C(Cl)CN([O-])C=C1Cl. The second-order valence-corrected chi connectivity index (χ2v) is 3.38. The highest BCUT2D eigenvalue weighted by Crippen LogP contribution is 2.24. The molecule has 4 nitrogen and oxygen atoms in total. The van der Waals surface area contributed by atoms with Crippen molar-refractivity contribution in [2.45, 2.75) is 6.92 Å². The molecule has 1 N–H and O–H groups in total. The maximum Gasteiger partial charge on any atom is 0.221 e. The van der Waals surface area contributed by atoms with Crippen molar-refractivity contribution in [1.82, 2.24) is 10.4 Å². The number of allylic oxidation sites excluding steroid dienone is 1. The molecular weight excluding hydrogens is 215 g/mol. The summed E-state index contributed by atoms with van der Waals surface area (Å²) in [5, 5.41) is 14.3. The van der Waals surface area contributed by atoms with Crippen molar-refractivity contribution in [2.24, 2.45) is 0 Å². The van der Waals surface area contributed by atoms with Crippen LogP contribution in [0, 0.1) is 5.21 Å². The van der Waals surface area contributed by atoms with Gasteiger partial charge in [-0.15, -0.1) is 0 Å². The standard InChI is InChI=1S/C7H7Cl2N2O2/c1-4(12)10-7-5(8)2-11(13)3-6(7)9/h2H,3H2,1H3,(H,10,12)/q-1. The Morgan fingerprint density at radius 1 is 1.69 bits per heavy atom. The van der Waals surface area contributed by atoms with Gasteiger partial charge in [0, 0.05) is 19.7 Å². The minimum Gasteiger partial charge on any atom is -0.758 e. The minimum atomic E-state index is -0.279. The van der Waals surface area contributed by atoms with Gasteiger partial charge >= 0.3 is 0 Å². The van der Waals surface area contributed by atoms with Gasteiger partial charge in [0.15, 0.2) is 0 Å². The topological polar surface area (TPSA) is 55.4 Å². The van der Waals surface area contributed by atoms with Crippen LogP contribution in [0.15, 0.2) is 22.0 Å². The lowest BCUT2D eigenvalue weighted by atomic mass is 10.3. The number of rotatable bonds is 1. The normalized spacial score (nSPS) is 17.2. The lowest BCUT2D eigenvalue weighted by Gasteiger charge is -2.31. The van der Waals surface area contributed by atoms with E-state index in [0.29, 0.717) is 10.8 Å². The molecule has 0 aromatic carbocycles. The van der Waals surface area contributed by atoms with Crippen LogP contribution in [0.3, 0.4) is 0 Å². The average molecular weight is 222 g/mol. The van der Waals surface area contributed by atoms with Crippen molar-refractivity contribution in [1.29, 1.82) is 0 Å². The quantitative estimate of drug-likeness (QED) is 0.730. The Balaban J connectivity index is 2.88. The molecule has 1 rings (SSSR count). The molecule has 0 aromatic rings. The van der Waals surface area contributed by atoms with Gasteiger partial charge in [-0.2, -0.15) is 0 Å². The number of nitrogens with one attached hydrogen (secondary N) is 1. The van der Waals surface area contributed by atoms with Crippen LogP contribution in [0.5, 0.6) is 0 Å². The van der Waals surface area contributed by atoms with E-state index in [1.54, 1.807) is 0 Å². The third-order valence-corrected chi connectivity index (χ3v) is 1.96. The van der Waals surface area contributed by atoms with E-state index in [1.807, 2.05) is 0 Å². The van der Waals surface area contributed by atoms with E-state index < -0.39 is 0 Å². The molecular formula is C7H7Cl2N2O2-. The summed E-state index contributed by atoms with van der Waals surface area (Å²) in [5.41, 5.74) is 0.308. The van der Waals surface area contributed by atoms with Gasteiger partial charge in [0.1, 0.15) is 0 Å². The zero-order valence-electron chi connectivity index (χ0n) is 6.80. The molecule has 72 valence electrons. The van der Waals surface area contributed by atoms with Crippen LogP contribution in [-0.4, -0.2) is 17.5 Å². The van der Waals surface area contributed by atoms with E-state index in [-0.39, 0.29) is 22.5 Å². The molecule has 0 spiro atoms. The number of amides is 1. The Labute approximate surface area is 85.4 Å². The number of hydrogen-bond donors (Lipinski definition) is 1. The lowest BCUT2D eigenvalue weighted by Crippen LogP contribution is -2.26. The summed E-state index contributed by atoms with van der Waals surface area (Å²) in [6.45, 7) is 1.35. The summed E-state index contributed by atoms with van der Waals surface area (Å²) in [5.74, 6) is -0.279. The summed E-state index contributed by atoms with van der Waals surface area (Å²) in [6, 6.07) is 0. The van der Waals surface area contributed by atoms with E-state index in [2.05, 4.69) is 5.32 Å². The molecule has 1 heterocycles. The van der Waals surface area contributed by atoms with Gasteiger partial charge in [0.25, 0.3) is 0 Å². The van der Waals surface area contributed by atoms with Gasteiger partial charge < -0.3 is 15.6 Å². The molecule has 1 amide bonds. The molecule has 0 atom stereocenters. The Hall–Kier alpha value is -0.710. The second kappa shape index (κ2) is 4.00. The first kappa shape index (κ1) is 10.4. The van der Waals surface area contributed by atoms with Crippen LogP contribution in [0.25, 0.3) is 0 Å². The first-order valence-corrected chi connectivity index (χ1v) is 4.24. The molecule has 1 aliphatic rings. The number of hydrogen-bond acceptors (Lipinski definition) is 3. The number of halogens is 2. The summed E-state index contributed by atoms with van der Waals surface area (Å²) in [7, 11) is 0.